The van der Waals surface area contributed by atoms with E-state index in [1.54, 1.807) is 4.90 Å². The maximum absolute atomic E-state index is 13.1. The van der Waals surface area contributed by atoms with Gasteiger partial charge in [-0.15, -0.1) is 5.10 Å². The van der Waals surface area contributed by atoms with Crippen LogP contribution in [-0.4, -0.2) is 71.2 Å². The summed E-state index contributed by atoms with van der Waals surface area (Å²) in [5.41, 5.74) is 4.41. The smallest absolute Gasteiger partial charge is 0.231 e. The summed E-state index contributed by atoms with van der Waals surface area (Å²) in [6, 6.07) is 19.4. The zero-order valence-electron chi connectivity index (χ0n) is 19.5. The van der Waals surface area contributed by atoms with Gasteiger partial charge in [0.2, 0.25) is 5.91 Å². The number of nitrogens with one attached hydrogen (secondary N) is 1. The van der Waals surface area contributed by atoms with Crippen molar-refractivity contribution in [2.24, 2.45) is 11.8 Å². The largest absolute Gasteiger partial charge is 0.378 e. The third kappa shape index (κ3) is 4.26. The summed E-state index contributed by atoms with van der Waals surface area (Å²) in [5, 5.41) is 8.89. The van der Waals surface area contributed by atoms with Crippen molar-refractivity contribution in [2.75, 3.05) is 39.4 Å². The maximum atomic E-state index is 13.1. The number of hydrogen-bond donors (Lipinski definition) is 1. The fourth-order valence-corrected chi connectivity index (χ4v) is 6.03. The predicted octanol–water partition coefficient (Wildman–Crippen LogP) is 1.76. The molecule has 2 aromatic carbocycles. The van der Waals surface area contributed by atoms with Gasteiger partial charge in [0.1, 0.15) is 11.7 Å². The first-order chi connectivity index (χ1) is 16.7. The molecule has 1 N–H and O–H groups in total. The molecular formula is C27H32N5O2+. The minimum atomic E-state index is 0.174. The Morgan fingerprint density at radius 1 is 1.00 bits per heavy atom. The van der Waals surface area contributed by atoms with E-state index in [0.717, 1.165) is 56.8 Å². The van der Waals surface area contributed by atoms with E-state index in [9.17, 15) is 4.79 Å². The molecule has 1 amide bonds. The summed E-state index contributed by atoms with van der Waals surface area (Å²) in [7, 11) is 0. The van der Waals surface area contributed by atoms with E-state index in [1.165, 1.54) is 11.1 Å². The van der Waals surface area contributed by atoms with Gasteiger partial charge in [0.05, 0.1) is 45.0 Å². The standard InChI is InChI=1S/C27H31N5O2/c33-27(30-12-14-34-15-13-30)25-18-31-11-10-23(25)16-24(31)17-32-19-26(28-29-32)22-8-6-21(7-9-22)20-4-2-1-3-5-20/h1-9,19,23-25H,10-18H2/p+1/t23-,24-,25+/m1/s1. The summed E-state index contributed by atoms with van der Waals surface area (Å²) in [5.74, 6) is 1.02. The van der Waals surface area contributed by atoms with Crippen LogP contribution in [0.1, 0.15) is 12.8 Å². The van der Waals surface area contributed by atoms with E-state index >= 15 is 0 Å². The lowest BCUT2D eigenvalue weighted by atomic mass is 9.75. The first-order valence-corrected chi connectivity index (χ1v) is 12.5. The number of ether oxygens (including phenoxy) is 1. The van der Waals surface area contributed by atoms with E-state index in [4.69, 9.17) is 4.74 Å². The van der Waals surface area contributed by atoms with Crippen LogP contribution >= 0.6 is 0 Å². The number of carbonyl (C=O) groups excluding carboxylic acids is 1. The van der Waals surface area contributed by atoms with Crippen molar-refractivity contribution in [2.45, 2.75) is 25.4 Å². The number of hydrogen-bond acceptors (Lipinski definition) is 4. The Morgan fingerprint density at radius 2 is 1.74 bits per heavy atom. The molecule has 0 aliphatic carbocycles. The Balaban J connectivity index is 1.10. The molecule has 0 radical (unpaired) electrons. The Hall–Kier alpha value is -3.03. The second kappa shape index (κ2) is 9.31. The summed E-state index contributed by atoms with van der Waals surface area (Å²) in [6.45, 7) is 5.81. The zero-order chi connectivity index (χ0) is 22.9. The second-order valence-corrected chi connectivity index (χ2v) is 9.91. The van der Waals surface area contributed by atoms with E-state index in [0.29, 0.717) is 31.1 Å². The molecule has 2 bridgehead atoms. The zero-order valence-corrected chi connectivity index (χ0v) is 19.5. The van der Waals surface area contributed by atoms with Crippen molar-refractivity contribution >= 4 is 5.91 Å². The molecule has 7 nitrogen and oxygen atoms in total. The van der Waals surface area contributed by atoms with Gasteiger partial charge in [-0.3, -0.25) is 4.79 Å². The Bertz CT molecular complexity index is 1120. The third-order valence-corrected chi connectivity index (χ3v) is 7.93. The van der Waals surface area contributed by atoms with Crippen LogP contribution in [0.4, 0.5) is 0 Å². The molecule has 4 fully saturated rings. The molecule has 7 heteroatoms. The highest BCUT2D eigenvalue weighted by atomic mass is 16.5. The number of fused-ring (bicyclic) bond motifs is 3. The van der Waals surface area contributed by atoms with E-state index in [-0.39, 0.29) is 5.92 Å². The first-order valence-electron chi connectivity index (χ1n) is 12.5. The molecule has 0 saturated carbocycles. The highest BCUT2D eigenvalue weighted by Crippen LogP contribution is 2.29. The van der Waals surface area contributed by atoms with Gasteiger partial charge in [-0.1, -0.05) is 59.8 Å². The summed E-state index contributed by atoms with van der Waals surface area (Å²) < 4.78 is 7.43. The van der Waals surface area contributed by atoms with Crippen LogP contribution in [0.15, 0.2) is 60.8 Å². The van der Waals surface area contributed by atoms with Gasteiger partial charge in [-0.05, 0) is 17.0 Å². The normalized spacial score (nSPS) is 26.5. The topological polar surface area (TPSA) is 64.7 Å². The average Bonchev–Trinajstić information content (AvgIpc) is 3.38. The van der Waals surface area contributed by atoms with Gasteiger partial charge in [-0.25, -0.2) is 4.68 Å². The quantitative estimate of drug-likeness (QED) is 0.633. The van der Waals surface area contributed by atoms with Crippen LogP contribution in [0.3, 0.4) is 0 Å². The Kier molecular flexibility index (Phi) is 5.89. The van der Waals surface area contributed by atoms with E-state index in [1.807, 2.05) is 15.6 Å². The summed E-state index contributed by atoms with van der Waals surface area (Å²) >= 11 is 0. The monoisotopic (exact) mass is 458 g/mol. The molecule has 1 aromatic heterocycles. The lowest BCUT2D eigenvalue weighted by molar-refractivity contribution is -0.945. The van der Waals surface area contributed by atoms with Crippen molar-refractivity contribution in [1.82, 2.24) is 19.9 Å². The maximum Gasteiger partial charge on any atom is 0.231 e. The minimum absolute atomic E-state index is 0.174. The van der Waals surface area contributed by atoms with Crippen molar-refractivity contribution in [3.05, 3.63) is 60.8 Å². The number of benzene rings is 2. The molecule has 0 spiro atoms. The first kappa shape index (κ1) is 21.5. The van der Waals surface area contributed by atoms with E-state index < -0.39 is 0 Å². The number of rotatable bonds is 5. The Labute approximate surface area is 200 Å². The highest BCUT2D eigenvalue weighted by Gasteiger charge is 2.47. The molecule has 4 aliphatic rings. The number of nitrogens with zero attached hydrogens (tertiary/aromatic N) is 4. The molecule has 4 saturated heterocycles. The molecule has 176 valence electrons. The van der Waals surface area contributed by atoms with Crippen LogP contribution in [0.25, 0.3) is 22.4 Å². The fraction of sp³-hybridized carbons (Fsp3) is 0.444. The van der Waals surface area contributed by atoms with Gasteiger partial charge in [0, 0.05) is 31.5 Å². The van der Waals surface area contributed by atoms with Crippen LogP contribution in [0.5, 0.6) is 0 Å². The highest BCUT2D eigenvalue weighted by molar-refractivity contribution is 5.79. The summed E-state index contributed by atoms with van der Waals surface area (Å²) in [6.07, 6.45) is 4.32. The van der Waals surface area contributed by atoms with Crippen LogP contribution in [-0.2, 0) is 16.1 Å². The number of morpholine rings is 1. The summed E-state index contributed by atoms with van der Waals surface area (Å²) in [4.78, 5) is 16.7. The van der Waals surface area contributed by atoms with Gasteiger partial charge in [0.15, 0.2) is 0 Å². The molecule has 3 aromatic rings. The van der Waals surface area contributed by atoms with Crippen LogP contribution in [0.2, 0.25) is 0 Å². The molecule has 4 atom stereocenters. The van der Waals surface area contributed by atoms with Crippen LogP contribution in [0, 0.1) is 11.8 Å². The van der Waals surface area contributed by atoms with Gasteiger partial charge in [0.25, 0.3) is 0 Å². The molecule has 1 unspecified atom stereocenters. The second-order valence-electron chi connectivity index (χ2n) is 9.91. The number of quaternary nitrogens is 1. The van der Waals surface area contributed by atoms with Gasteiger partial charge in [-0.2, -0.15) is 0 Å². The number of amides is 1. The lowest BCUT2D eigenvalue weighted by Crippen LogP contribution is -3.20. The Morgan fingerprint density at radius 3 is 2.47 bits per heavy atom. The molecule has 5 heterocycles. The predicted molar refractivity (Wildman–Crippen MR) is 129 cm³/mol. The number of carbonyl (C=O) groups is 1. The lowest BCUT2D eigenvalue weighted by Gasteiger charge is -2.47. The molecule has 7 rings (SSSR count). The SMILES string of the molecule is O=C([C@H]1C[NH+]2CC[C@@H]1C[C@@H]2Cn1cc(-c2ccc(-c3ccccc3)cc2)nn1)N1CCOCC1. The average molecular weight is 459 g/mol. The van der Waals surface area contributed by atoms with Gasteiger partial charge >= 0.3 is 0 Å². The fourth-order valence-electron chi connectivity index (χ4n) is 6.03. The van der Waals surface area contributed by atoms with Crippen molar-refractivity contribution in [3.63, 3.8) is 0 Å². The number of aromatic nitrogens is 3. The minimum Gasteiger partial charge on any atom is -0.378 e. The molecular weight excluding hydrogens is 426 g/mol. The van der Waals surface area contributed by atoms with Crippen molar-refractivity contribution in [3.8, 4) is 22.4 Å². The van der Waals surface area contributed by atoms with Gasteiger partial charge < -0.3 is 14.5 Å². The number of piperidine rings is 3. The van der Waals surface area contributed by atoms with Crippen molar-refractivity contribution < 1.29 is 14.4 Å². The van der Waals surface area contributed by atoms with Crippen LogP contribution < -0.4 is 4.90 Å². The molecule has 4 aliphatic heterocycles. The van der Waals surface area contributed by atoms with E-state index in [2.05, 4.69) is 65.0 Å². The third-order valence-electron chi connectivity index (χ3n) is 7.93. The van der Waals surface area contributed by atoms with Crippen molar-refractivity contribution in [1.29, 1.82) is 0 Å². The molecule has 34 heavy (non-hydrogen) atoms.